The van der Waals surface area contributed by atoms with Crippen LogP contribution >= 0.6 is 22.9 Å². The van der Waals surface area contributed by atoms with Crippen molar-refractivity contribution in [2.24, 2.45) is 0 Å². The summed E-state index contributed by atoms with van der Waals surface area (Å²) in [4.78, 5) is 16.4. The van der Waals surface area contributed by atoms with Crippen molar-refractivity contribution in [3.05, 3.63) is 64.4 Å². The molecule has 0 aliphatic carbocycles. The number of rotatable bonds is 6. The lowest BCUT2D eigenvalue weighted by molar-refractivity contribution is -0.120. The van der Waals surface area contributed by atoms with E-state index in [0.717, 1.165) is 16.4 Å². The SMILES string of the molecule is O=C(Cc1ccccc1Cl)NCCc1csc(-n2cccn2)n1. The van der Waals surface area contributed by atoms with Crippen LogP contribution in [-0.2, 0) is 17.6 Å². The molecular weight excluding hydrogens is 332 g/mol. The minimum absolute atomic E-state index is 0.0411. The van der Waals surface area contributed by atoms with Crippen LogP contribution in [0.25, 0.3) is 5.13 Å². The zero-order valence-corrected chi connectivity index (χ0v) is 13.8. The Labute approximate surface area is 142 Å². The van der Waals surface area contributed by atoms with Gasteiger partial charge in [0.2, 0.25) is 11.0 Å². The number of aromatic nitrogens is 3. The first-order valence-electron chi connectivity index (χ1n) is 7.17. The van der Waals surface area contributed by atoms with Crippen molar-refractivity contribution < 1.29 is 4.79 Å². The molecular formula is C16H15ClN4OS. The Balaban J connectivity index is 1.48. The number of carbonyl (C=O) groups is 1. The first-order valence-corrected chi connectivity index (χ1v) is 8.42. The zero-order chi connectivity index (χ0) is 16.1. The first-order chi connectivity index (χ1) is 11.2. The molecule has 2 heterocycles. The highest BCUT2D eigenvalue weighted by Gasteiger charge is 2.07. The molecule has 3 aromatic rings. The summed E-state index contributed by atoms with van der Waals surface area (Å²) in [5, 5.41) is 10.5. The van der Waals surface area contributed by atoms with Gasteiger partial charge in [0.1, 0.15) is 0 Å². The van der Waals surface area contributed by atoms with Gasteiger partial charge in [-0.15, -0.1) is 11.3 Å². The maximum Gasteiger partial charge on any atom is 0.224 e. The van der Waals surface area contributed by atoms with Gasteiger partial charge in [-0.05, 0) is 17.7 Å². The summed E-state index contributed by atoms with van der Waals surface area (Å²) >= 11 is 7.58. The maximum absolute atomic E-state index is 11.9. The first kappa shape index (κ1) is 15.7. The van der Waals surface area contributed by atoms with Crippen LogP contribution in [0.1, 0.15) is 11.3 Å². The van der Waals surface area contributed by atoms with Crippen LogP contribution in [0.5, 0.6) is 0 Å². The van der Waals surface area contributed by atoms with Gasteiger partial charge in [0, 0.05) is 35.8 Å². The molecule has 0 saturated carbocycles. The molecule has 23 heavy (non-hydrogen) atoms. The van der Waals surface area contributed by atoms with Crippen molar-refractivity contribution in [3.63, 3.8) is 0 Å². The normalized spacial score (nSPS) is 10.7. The smallest absolute Gasteiger partial charge is 0.224 e. The summed E-state index contributed by atoms with van der Waals surface area (Å²) in [5.74, 6) is -0.0411. The number of thiazole rings is 1. The number of carbonyl (C=O) groups excluding carboxylic acids is 1. The third-order valence-electron chi connectivity index (χ3n) is 3.25. The summed E-state index contributed by atoms with van der Waals surface area (Å²) in [6.07, 6.45) is 4.55. The van der Waals surface area contributed by atoms with Gasteiger partial charge in [-0.25, -0.2) is 9.67 Å². The Kier molecular flexibility index (Phi) is 5.05. The van der Waals surface area contributed by atoms with Crippen LogP contribution in [0, 0.1) is 0 Å². The predicted octanol–water partition coefficient (Wildman–Crippen LogP) is 2.88. The molecule has 0 aliphatic rings. The molecule has 118 valence electrons. The van der Waals surface area contributed by atoms with Crippen molar-refractivity contribution >= 4 is 28.8 Å². The highest BCUT2D eigenvalue weighted by atomic mass is 35.5. The molecule has 1 amide bonds. The van der Waals surface area contributed by atoms with E-state index < -0.39 is 0 Å². The molecule has 1 aromatic carbocycles. The fraction of sp³-hybridized carbons (Fsp3) is 0.188. The molecule has 0 spiro atoms. The molecule has 0 saturated heterocycles. The highest BCUT2D eigenvalue weighted by molar-refractivity contribution is 7.12. The van der Waals surface area contributed by atoms with Crippen LogP contribution in [0.15, 0.2) is 48.1 Å². The van der Waals surface area contributed by atoms with Gasteiger partial charge >= 0.3 is 0 Å². The van der Waals surface area contributed by atoms with Gasteiger partial charge in [0.25, 0.3) is 0 Å². The average Bonchev–Trinajstić information content (AvgIpc) is 3.20. The molecule has 0 aliphatic heterocycles. The van der Waals surface area contributed by atoms with Crippen LogP contribution in [0.3, 0.4) is 0 Å². The molecule has 0 fully saturated rings. The number of benzene rings is 1. The molecule has 5 nitrogen and oxygen atoms in total. The molecule has 0 bridgehead atoms. The molecule has 0 unspecified atom stereocenters. The second kappa shape index (κ2) is 7.39. The van der Waals surface area contributed by atoms with Crippen molar-refractivity contribution in [2.45, 2.75) is 12.8 Å². The van der Waals surface area contributed by atoms with Gasteiger partial charge in [0.15, 0.2) is 0 Å². The van der Waals surface area contributed by atoms with Crippen LogP contribution in [-0.4, -0.2) is 27.2 Å². The molecule has 3 rings (SSSR count). The lowest BCUT2D eigenvalue weighted by Crippen LogP contribution is -2.27. The quantitative estimate of drug-likeness (QED) is 0.746. The average molecular weight is 347 g/mol. The van der Waals surface area contributed by atoms with E-state index in [-0.39, 0.29) is 12.3 Å². The number of nitrogens with one attached hydrogen (secondary N) is 1. The van der Waals surface area contributed by atoms with E-state index in [9.17, 15) is 4.79 Å². The minimum Gasteiger partial charge on any atom is -0.355 e. The standard InChI is InChI=1S/C16H15ClN4OS/c17-14-5-2-1-4-12(14)10-15(22)18-8-6-13-11-23-16(20-13)21-9-3-7-19-21/h1-5,7,9,11H,6,8,10H2,(H,18,22). The van der Waals surface area contributed by atoms with E-state index >= 15 is 0 Å². The third kappa shape index (κ3) is 4.18. The van der Waals surface area contributed by atoms with Crippen molar-refractivity contribution in [3.8, 4) is 5.13 Å². The summed E-state index contributed by atoms with van der Waals surface area (Å²) in [7, 11) is 0. The fourth-order valence-electron chi connectivity index (χ4n) is 2.11. The number of hydrogen-bond acceptors (Lipinski definition) is 4. The second-order valence-electron chi connectivity index (χ2n) is 4.94. The van der Waals surface area contributed by atoms with E-state index in [1.807, 2.05) is 35.8 Å². The van der Waals surface area contributed by atoms with E-state index in [1.54, 1.807) is 16.9 Å². The molecule has 2 aromatic heterocycles. The molecule has 0 radical (unpaired) electrons. The van der Waals surface area contributed by atoms with E-state index in [1.165, 1.54) is 11.3 Å². The fourth-order valence-corrected chi connectivity index (χ4v) is 3.11. The number of nitrogens with zero attached hydrogens (tertiary/aromatic N) is 3. The summed E-state index contributed by atoms with van der Waals surface area (Å²) in [6, 6.07) is 9.23. The predicted molar refractivity (Wildman–Crippen MR) is 91.1 cm³/mol. The van der Waals surface area contributed by atoms with Gasteiger partial charge in [-0.2, -0.15) is 5.10 Å². The number of halogens is 1. The van der Waals surface area contributed by atoms with Crippen molar-refractivity contribution in [1.29, 1.82) is 0 Å². The Morgan fingerprint density at radius 3 is 2.96 bits per heavy atom. The number of hydrogen-bond donors (Lipinski definition) is 1. The monoisotopic (exact) mass is 346 g/mol. The van der Waals surface area contributed by atoms with Gasteiger partial charge in [-0.1, -0.05) is 29.8 Å². The van der Waals surface area contributed by atoms with Crippen molar-refractivity contribution in [2.75, 3.05) is 6.54 Å². The van der Waals surface area contributed by atoms with Gasteiger partial charge < -0.3 is 5.32 Å². The molecule has 0 atom stereocenters. The summed E-state index contributed by atoms with van der Waals surface area (Å²) in [6.45, 7) is 0.547. The lowest BCUT2D eigenvalue weighted by Gasteiger charge is -2.05. The Morgan fingerprint density at radius 2 is 2.17 bits per heavy atom. The largest absolute Gasteiger partial charge is 0.355 e. The Morgan fingerprint density at radius 1 is 1.30 bits per heavy atom. The third-order valence-corrected chi connectivity index (χ3v) is 4.50. The maximum atomic E-state index is 11.9. The van der Waals surface area contributed by atoms with Gasteiger partial charge in [0.05, 0.1) is 12.1 Å². The van der Waals surface area contributed by atoms with Gasteiger partial charge in [-0.3, -0.25) is 4.79 Å². The Bertz CT molecular complexity index is 785. The number of amides is 1. The lowest BCUT2D eigenvalue weighted by atomic mass is 10.1. The summed E-state index contributed by atoms with van der Waals surface area (Å²) < 4.78 is 1.73. The topological polar surface area (TPSA) is 59.8 Å². The van der Waals surface area contributed by atoms with Crippen LogP contribution in [0.2, 0.25) is 5.02 Å². The molecule has 1 N–H and O–H groups in total. The van der Waals surface area contributed by atoms with E-state index in [0.29, 0.717) is 18.0 Å². The highest BCUT2D eigenvalue weighted by Crippen LogP contribution is 2.15. The van der Waals surface area contributed by atoms with Crippen molar-refractivity contribution in [1.82, 2.24) is 20.1 Å². The second-order valence-corrected chi connectivity index (χ2v) is 6.18. The Hall–Kier alpha value is -2.18. The zero-order valence-electron chi connectivity index (χ0n) is 12.3. The van der Waals surface area contributed by atoms with E-state index in [4.69, 9.17) is 11.6 Å². The van der Waals surface area contributed by atoms with Crippen LogP contribution in [0.4, 0.5) is 0 Å². The minimum atomic E-state index is -0.0411. The molecule has 7 heteroatoms. The summed E-state index contributed by atoms with van der Waals surface area (Å²) in [5.41, 5.74) is 1.78. The van der Waals surface area contributed by atoms with E-state index in [2.05, 4.69) is 15.4 Å². The van der Waals surface area contributed by atoms with Crippen LogP contribution < -0.4 is 5.32 Å².